The predicted octanol–water partition coefficient (Wildman–Crippen LogP) is 3.17. The summed E-state index contributed by atoms with van der Waals surface area (Å²) in [5.74, 6) is 0.604. The zero-order valence-electron chi connectivity index (χ0n) is 12.2. The van der Waals surface area contributed by atoms with Gasteiger partial charge in [-0.2, -0.15) is 0 Å². The second-order valence-electron chi connectivity index (χ2n) is 6.06. The van der Waals surface area contributed by atoms with Crippen LogP contribution in [0.4, 0.5) is 0 Å². The van der Waals surface area contributed by atoms with Crippen molar-refractivity contribution >= 4 is 5.97 Å². The van der Waals surface area contributed by atoms with Gasteiger partial charge in [0.05, 0.1) is 6.42 Å². The third-order valence-electron chi connectivity index (χ3n) is 4.85. The molecule has 0 spiro atoms. The van der Waals surface area contributed by atoms with Crippen molar-refractivity contribution in [2.45, 2.75) is 57.0 Å². The molecule has 3 heterocycles. The molecule has 2 atom stereocenters. The van der Waals surface area contributed by atoms with E-state index in [1.54, 1.807) is 0 Å². The summed E-state index contributed by atoms with van der Waals surface area (Å²) in [6, 6.07) is 9.57. The van der Waals surface area contributed by atoms with E-state index in [4.69, 9.17) is 4.74 Å². The minimum Gasteiger partial charge on any atom is -0.426 e. The number of aryl methyl sites for hydroxylation is 1. The lowest BCUT2D eigenvalue weighted by atomic mass is 10.0. The van der Waals surface area contributed by atoms with Crippen molar-refractivity contribution in [1.82, 2.24) is 4.90 Å². The number of fused-ring (bicyclic) bond motifs is 3. The number of rotatable bonds is 0. The maximum Gasteiger partial charge on any atom is 0.311 e. The average Bonchev–Trinajstić information content (AvgIpc) is 2.68. The summed E-state index contributed by atoms with van der Waals surface area (Å²) in [7, 11) is 2.29. The molecule has 3 heteroatoms. The van der Waals surface area contributed by atoms with Gasteiger partial charge < -0.3 is 9.64 Å². The van der Waals surface area contributed by atoms with E-state index in [1.807, 2.05) is 24.3 Å². The number of piperidine rings is 1. The van der Waals surface area contributed by atoms with Crippen LogP contribution in [0.25, 0.3) is 0 Å². The van der Waals surface area contributed by atoms with Crippen molar-refractivity contribution in [3.63, 3.8) is 0 Å². The summed E-state index contributed by atoms with van der Waals surface area (Å²) in [5, 5.41) is 0. The highest BCUT2D eigenvalue weighted by molar-refractivity contribution is 5.75. The molecule has 2 bridgehead atoms. The van der Waals surface area contributed by atoms with E-state index in [1.165, 1.54) is 32.1 Å². The number of hydrogen-bond donors (Lipinski definition) is 0. The summed E-state index contributed by atoms with van der Waals surface area (Å²) >= 11 is 0. The summed E-state index contributed by atoms with van der Waals surface area (Å²) in [6.45, 7) is 0. The summed E-state index contributed by atoms with van der Waals surface area (Å²) in [4.78, 5) is 13.4. The van der Waals surface area contributed by atoms with Gasteiger partial charge in [0.2, 0.25) is 0 Å². The fourth-order valence-electron chi connectivity index (χ4n) is 3.60. The van der Waals surface area contributed by atoms with Crippen LogP contribution in [0, 0.1) is 0 Å². The normalized spacial score (nSPS) is 28.1. The van der Waals surface area contributed by atoms with Crippen LogP contribution in [-0.2, 0) is 11.2 Å². The Balaban J connectivity index is 0.000000123. The number of para-hydroxylation sites is 1. The Hall–Kier alpha value is -1.35. The topological polar surface area (TPSA) is 29.5 Å². The first-order valence-corrected chi connectivity index (χ1v) is 7.74. The van der Waals surface area contributed by atoms with Gasteiger partial charge in [-0.1, -0.05) is 24.6 Å². The summed E-state index contributed by atoms with van der Waals surface area (Å²) in [5.41, 5.74) is 1.13. The fourth-order valence-corrected chi connectivity index (χ4v) is 3.60. The van der Waals surface area contributed by atoms with Gasteiger partial charge in [-0.25, -0.2) is 0 Å². The quantitative estimate of drug-likeness (QED) is 0.537. The largest absolute Gasteiger partial charge is 0.426 e. The Kier molecular flexibility index (Phi) is 4.06. The number of carbonyl (C=O) groups excluding carboxylic acids is 1. The van der Waals surface area contributed by atoms with Crippen molar-refractivity contribution in [2.75, 3.05) is 7.05 Å². The van der Waals surface area contributed by atoms with Crippen molar-refractivity contribution in [3.05, 3.63) is 29.8 Å². The van der Waals surface area contributed by atoms with Crippen LogP contribution in [0.3, 0.4) is 0 Å². The summed E-state index contributed by atoms with van der Waals surface area (Å²) in [6.07, 6.45) is 8.69. The zero-order chi connectivity index (χ0) is 13.9. The first kappa shape index (κ1) is 13.6. The van der Waals surface area contributed by atoms with E-state index in [-0.39, 0.29) is 5.97 Å². The molecule has 0 radical (unpaired) electrons. The van der Waals surface area contributed by atoms with Crippen LogP contribution < -0.4 is 4.74 Å². The molecule has 2 fully saturated rings. The van der Waals surface area contributed by atoms with Gasteiger partial charge in [0.25, 0.3) is 0 Å². The van der Waals surface area contributed by atoms with Crippen LogP contribution in [0.1, 0.15) is 44.1 Å². The molecular formula is C17H23NO2. The summed E-state index contributed by atoms with van der Waals surface area (Å²) < 4.78 is 4.99. The van der Waals surface area contributed by atoms with Crippen LogP contribution in [0.5, 0.6) is 5.75 Å². The van der Waals surface area contributed by atoms with Crippen molar-refractivity contribution in [1.29, 1.82) is 0 Å². The van der Waals surface area contributed by atoms with Gasteiger partial charge in [0.1, 0.15) is 5.75 Å². The number of ether oxygens (including phenoxy) is 1. The molecule has 4 rings (SSSR count). The number of benzene rings is 1. The second-order valence-corrected chi connectivity index (χ2v) is 6.06. The number of carbonyl (C=O) groups is 1. The highest BCUT2D eigenvalue weighted by Gasteiger charge is 2.33. The first-order valence-electron chi connectivity index (χ1n) is 7.74. The van der Waals surface area contributed by atoms with E-state index < -0.39 is 0 Å². The standard InChI is InChI=1S/C9H8O2.C8H15N/c10-9-6-5-7-3-1-2-4-8(7)11-9;1-9-7-3-2-4-8(9)6-5-7/h1-4H,5-6H2;7-8H,2-6H2,1H3/t;7-,8+. The maximum absolute atomic E-state index is 10.8. The fraction of sp³-hybridized carbons (Fsp3) is 0.588. The van der Waals surface area contributed by atoms with Gasteiger partial charge in [0.15, 0.2) is 0 Å². The number of nitrogens with zero attached hydrogens (tertiary/aromatic N) is 1. The predicted molar refractivity (Wildman–Crippen MR) is 78.8 cm³/mol. The molecule has 108 valence electrons. The van der Waals surface area contributed by atoms with Crippen molar-refractivity contribution in [3.8, 4) is 5.75 Å². The third-order valence-corrected chi connectivity index (χ3v) is 4.85. The molecule has 2 saturated heterocycles. The molecule has 0 amide bonds. The van der Waals surface area contributed by atoms with Crippen molar-refractivity contribution in [2.24, 2.45) is 0 Å². The van der Waals surface area contributed by atoms with Crippen LogP contribution in [-0.4, -0.2) is 30.0 Å². The molecule has 3 aliphatic rings. The molecule has 1 aromatic rings. The van der Waals surface area contributed by atoms with Crippen LogP contribution in [0.15, 0.2) is 24.3 Å². The number of esters is 1. The maximum atomic E-state index is 10.8. The third kappa shape index (κ3) is 2.88. The lowest BCUT2D eigenvalue weighted by Gasteiger charge is -2.30. The van der Waals surface area contributed by atoms with Gasteiger partial charge in [-0.3, -0.25) is 4.79 Å². The van der Waals surface area contributed by atoms with Crippen LogP contribution >= 0.6 is 0 Å². The van der Waals surface area contributed by atoms with Gasteiger partial charge in [-0.15, -0.1) is 0 Å². The first-order chi connectivity index (χ1) is 9.74. The minimum atomic E-state index is -0.122. The molecule has 0 saturated carbocycles. The van der Waals surface area contributed by atoms with Gasteiger partial charge in [0, 0.05) is 12.1 Å². The Bertz CT molecular complexity index is 470. The van der Waals surface area contributed by atoms with E-state index in [0.29, 0.717) is 6.42 Å². The Morgan fingerprint density at radius 1 is 1.05 bits per heavy atom. The molecule has 0 unspecified atom stereocenters. The lowest BCUT2D eigenvalue weighted by molar-refractivity contribution is -0.135. The van der Waals surface area contributed by atoms with Crippen molar-refractivity contribution < 1.29 is 9.53 Å². The van der Waals surface area contributed by atoms with Gasteiger partial charge >= 0.3 is 5.97 Å². The Morgan fingerprint density at radius 3 is 2.45 bits per heavy atom. The van der Waals surface area contributed by atoms with Gasteiger partial charge in [-0.05, 0) is 50.8 Å². The second kappa shape index (κ2) is 5.96. The molecule has 0 aliphatic carbocycles. The Morgan fingerprint density at radius 2 is 1.75 bits per heavy atom. The lowest BCUT2D eigenvalue weighted by Crippen LogP contribution is -2.35. The minimum absolute atomic E-state index is 0.122. The monoisotopic (exact) mass is 273 g/mol. The molecule has 0 aromatic heterocycles. The van der Waals surface area contributed by atoms with Crippen LogP contribution in [0.2, 0.25) is 0 Å². The SMILES string of the molecule is CN1[C@@H]2CCC[C@H]1CC2.O=C1CCc2ccccc2O1. The van der Waals surface area contributed by atoms with E-state index in [9.17, 15) is 4.79 Å². The van der Waals surface area contributed by atoms with E-state index in [2.05, 4.69) is 11.9 Å². The Labute approximate surface area is 120 Å². The molecule has 3 aliphatic heterocycles. The zero-order valence-corrected chi connectivity index (χ0v) is 12.2. The van der Waals surface area contributed by atoms with E-state index in [0.717, 1.165) is 29.8 Å². The molecule has 3 nitrogen and oxygen atoms in total. The highest BCUT2D eigenvalue weighted by atomic mass is 16.5. The van der Waals surface area contributed by atoms with E-state index >= 15 is 0 Å². The molecule has 1 aromatic carbocycles. The highest BCUT2D eigenvalue weighted by Crippen LogP contribution is 2.33. The molecule has 20 heavy (non-hydrogen) atoms. The number of hydrogen-bond acceptors (Lipinski definition) is 3. The molecule has 0 N–H and O–H groups in total. The smallest absolute Gasteiger partial charge is 0.311 e. The average molecular weight is 273 g/mol. The molecular weight excluding hydrogens is 250 g/mol.